The molecule has 1 aliphatic carbocycles. The first-order valence-electron chi connectivity index (χ1n) is 48.0. The number of ether oxygens (including phenoxy) is 3. The molecule has 6 amide bonds. The van der Waals surface area contributed by atoms with E-state index in [1.807, 2.05) is 234 Å². The number of benzene rings is 8. The number of thiophene rings is 2. The third-order valence-electron chi connectivity index (χ3n) is 28.0. The van der Waals surface area contributed by atoms with Crippen LogP contribution in [0.25, 0.3) is 20.9 Å². The van der Waals surface area contributed by atoms with Gasteiger partial charge >= 0.3 is 0 Å². The molecule has 3 fully saturated rings. The van der Waals surface area contributed by atoms with Crippen molar-refractivity contribution >= 4 is 97.9 Å². The van der Waals surface area contributed by atoms with E-state index in [-0.39, 0.29) is 89.8 Å². The van der Waals surface area contributed by atoms with Gasteiger partial charge in [0.25, 0.3) is 11.8 Å². The summed E-state index contributed by atoms with van der Waals surface area (Å²) in [6.07, 6.45) is 10.4. The van der Waals surface area contributed by atoms with Crippen molar-refractivity contribution < 1.29 is 51.4 Å². The highest BCUT2D eigenvalue weighted by atomic mass is 32.2. The second-order valence-corrected chi connectivity index (χ2v) is 42.4. The van der Waals surface area contributed by atoms with Crippen LogP contribution in [-0.4, -0.2) is 192 Å². The average molecular weight is 2000 g/mol. The number of aliphatic imine (C=N–C) groups is 5. The summed E-state index contributed by atoms with van der Waals surface area (Å²) >= 11 is 3.24. The summed E-state index contributed by atoms with van der Waals surface area (Å²) in [5.74, 6) is 4.39. The van der Waals surface area contributed by atoms with Crippen molar-refractivity contribution in [3.8, 4) is 49.9 Å². The normalized spacial score (nSPS) is 22.2. The van der Waals surface area contributed by atoms with Crippen LogP contribution in [0.5, 0.6) is 23.0 Å². The van der Waals surface area contributed by atoms with Gasteiger partial charge in [0.2, 0.25) is 33.7 Å². The van der Waals surface area contributed by atoms with Crippen molar-refractivity contribution in [1.29, 1.82) is 5.26 Å². The van der Waals surface area contributed by atoms with E-state index in [0.29, 0.717) is 67.1 Å². The molecule has 1 saturated carbocycles. The molecule has 0 radical (unpaired) electrons. The summed E-state index contributed by atoms with van der Waals surface area (Å²) in [5, 5.41) is 12.1. The lowest BCUT2D eigenvalue weighted by Crippen LogP contribution is -2.54. The average Bonchev–Trinajstić information content (AvgIpc) is 1.57. The highest BCUT2D eigenvalue weighted by molar-refractivity contribution is 7.88. The fourth-order valence-electron chi connectivity index (χ4n) is 19.3. The van der Waals surface area contributed by atoms with Crippen LogP contribution in [0.1, 0.15) is 150 Å². The molecule has 7 aliphatic heterocycles. The number of methoxy groups -OCH3 is 2. The molecule has 0 bridgehead atoms. The van der Waals surface area contributed by atoms with Gasteiger partial charge < -0.3 is 48.2 Å². The third kappa shape index (κ3) is 23.6. The number of amides is 6. The molecule has 31 nitrogen and oxygen atoms in total. The van der Waals surface area contributed by atoms with Crippen molar-refractivity contribution in [2.24, 2.45) is 77.3 Å². The molecule has 11 aromatic rings. The smallest absolute Gasteiger partial charge is 0.266 e. The van der Waals surface area contributed by atoms with Crippen LogP contribution >= 0.6 is 22.7 Å². The number of nitriles is 1. The number of hydrogen-bond acceptors (Lipinski definition) is 26. The van der Waals surface area contributed by atoms with Gasteiger partial charge in [-0.15, -0.1) is 22.7 Å². The molecular weight excluding hydrogens is 1870 g/mol. The van der Waals surface area contributed by atoms with E-state index in [2.05, 4.69) is 56.4 Å². The Morgan fingerprint density at radius 3 is 1.67 bits per heavy atom. The highest BCUT2D eigenvalue weighted by Crippen LogP contribution is 2.53. The van der Waals surface area contributed by atoms with Gasteiger partial charge in [-0.2, -0.15) is 5.26 Å². The van der Waals surface area contributed by atoms with Crippen LogP contribution in [0.15, 0.2) is 280 Å². The Bertz CT molecular complexity index is 6820. The Kier molecular flexibility index (Phi) is 31.9. The van der Waals surface area contributed by atoms with Gasteiger partial charge in [-0.05, 0) is 227 Å². The number of likely N-dealkylation sites (tertiary alicyclic amines) is 1. The molecule has 144 heavy (non-hydrogen) atoms. The number of aromatic nitrogens is 1. The van der Waals surface area contributed by atoms with Gasteiger partial charge in [-0.3, -0.25) is 63.2 Å². The Hall–Kier alpha value is -14.8. The van der Waals surface area contributed by atoms with E-state index in [1.165, 1.54) is 30.1 Å². The molecule has 0 spiro atoms. The second-order valence-electron chi connectivity index (χ2n) is 38.3. The first-order chi connectivity index (χ1) is 68.9. The fourth-order valence-corrected chi connectivity index (χ4v) is 23.3. The maximum atomic E-state index is 14.0. The molecule has 748 valence electrons. The number of pyridine rings is 1. The predicted octanol–water partition coefficient (Wildman–Crippen LogP) is 14.9. The van der Waals surface area contributed by atoms with E-state index >= 15 is 0 Å². The molecule has 19 rings (SSSR count). The second kappa shape index (κ2) is 44.4. The first kappa shape index (κ1) is 104. The minimum absolute atomic E-state index is 0.00957. The molecule has 2 unspecified atom stereocenters. The molecule has 11 N–H and O–H groups in total. The van der Waals surface area contributed by atoms with E-state index < -0.39 is 37.7 Å². The summed E-state index contributed by atoms with van der Waals surface area (Å²) in [7, 11) is 6.47. The zero-order valence-electron chi connectivity index (χ0n) is 82.9. The number of rotatable bonds is 23. The van der Waals surface area contributed by atoms with Crippen LogP contribution in [-0.2, 0) is 76.0 Å². The number of nitrogens with zero attached hydrogens (tertiary/aromatic N) is 14. The lowest BCUT2D eigenvalue weighted by molar-refractivity contribution is -0.135. The minimum atomic E-state index is -3.41. The Balaban J connectivity index is 0.000000137. The zero-order chi connectivity index (χ0) is 103. The maximum absolute atomic E-state index is 14.0. The summed E-state index contributed by atoms with van der Waals surface area (Å²) in [6.45, 7) is 14.3. The Morgan fingerprint density at radius 1 is 0.507 bits per heavy atom. The molecule has 8 aromatic carbocycles. The molecule has 7 atom stereocenters. The van der Waals surface area contributed by atoms with E-state index in [9.17, 15) is 37.2 Å². The number of hydrogen-bond donors (Lipinski definition) is 6. The van der Waals surface area contributed by atoms with E-state index in [1.54, 1.807) is 99.9 Å². The van der Waals surface area contributed by atoms with Crippen LogP contribution in [0.4, 0.5) is 0 Å². The van der Waals surface area contributed by atoms with Crippen molar-refractivity contribution in [1.82, 2.24) is 44.0 Å². The molecule has 10 heterocycles. The number of aryl methyl sites for hydroxylation is 1. The molecule has 2 saturated heterocycles. The van der Waals surface area contributed by atoms with Crippen LogP contribution in [0.3, 0.4) is 0 Å². The van der Waals surface area contributed by atoms with Crippen molar-refractivity contribution in [2.45, 2.75) is 145 Å². The highest BCUT2D eigenvalue weighted by Gasteiger charge is 2.55. The predicted molar refractivity (Wildman–Crippen MR) is 563 cm³/mol. The topological polar surface area (TPSA) is 428 Å². The monoisotopic (exact) mass is 2000 g/mol. The molecule has 8 aliphatic rings. The standard InChI is InChI=1S/C31H28N4O3.C24H30N4O2.C20H20N4OS.C18H26N4O3S.C17H20N4O2S/c1-38-27-17-15-22(16-18-27)20-33-28(36)24-10-8-9-23(19-24)21-35-29(37)31(34-30(35)32,25-11-4-2-5-12-25)26-13-6-3-7-14-26;1-24(15-22(29)27(2)23(25)26-24)19-9-7-13-28(17-19)16-18-8-6-12-21(14-18)30-20-10-4-3-5-11-20;1-20(17(13-6-7-13)18(25)24(2)19(22)23-20)16-9-8-15(26-16)14-5-3-4-12(10-14)11-21;1-18(11-16(23)21(2)17(19)20-18)15-9-6-10-22(12-15)26(24,25)13-14-7-4-3-5-8-14;1-10-5-13(17(2)7-14(22)21(3)16(18)20-17)24-15(10)11-6-12(23-4)9-19-8-11/h2-19H,20-21H2,1H3,(H2,32,34)(H,33,36);3-6,8,10-12,14,19H,7,9,13,15-17H2,1-2H3,(H2,25,26);3-5,8-10,13,17H,6-7H2,1-2H3,(H2,22,23);3-5,7-8,15H,6,9-13H2,1-2H3,(H2,19,20);5-6,8-9H,7H2,1-4H3,(H2,18,20)/t;19?,24-;17-,20+;15?,18-;17-/m.0000/s1. The number of carbonyl (C=O) groups is 6. The van der Waals surface area contributed by atoms with Crippen LogP contribution in [0.2, 0.25) is 0 Å². The number of guanidine groups is 5. The van der Waals surface area contributed by atoms with Gasteiger partial charge in [0.05, 0.1) is 80.6 Å². The van der Waals surface area contributed by atoms with Gasteiger partial charge in [0.1, 0.15) is 34.1 Å². The SMILES string of the molecule is CN1C(=O)C[C@@](C)(C2CCCN(Cc3cccc(Oc4ccccc4)c3)C2)N=C1N.CN1C(=O)C[C@@](C)(C2CCCN(S(=O)(=O)Cc3ccccc3)C2)N=C1N.CN1C(=O)[C@H](C2CC2)[C@@](C)(c2ccc(-c3cccc(C#N)c3)s2)N=C1N.COc1ccc(CNC(=O)c2cccc(CN3C(=O)C(c4ccccc4)(c4ccccc4)N=C3N)c2)cc1.COc1cncc(-c2sc([C@]3(C)CC(=O)N(C)C(N)=N3)cc2C)c1. The summed E-state index contributed by atoms with van der Waals surface area (Å²) < 4.78 is 43.7. The molecular formula is C110H124N20O11S3. The number of sulfonamides is 1. The quantitative estimate of drug-likeness (QED) is 0.0346. The van der Waals surface area contributed by atoms with E-state index in [4.69, 9.17) is 63.1 Å². The van der Waals surface area contributed by atoms with Crippen LogP contribution < -0.4 is 48.2 Å². The molecule has 34 heteroatoms. The number of para-hydroxylation sites is 1. The third-order valence-corrected chi connectivity index (χ3v) is 32.7. The summed E-state index contributed by atoms with van der Waals surface area (Å²) in [5.41, 5.74) is 36.1. The largest absolute Gasteiger partial charge is 0.497 e. The lowest BCUT2D eigenvalue weighted by atomic mass is 9.77. The van der Waals surface area contributed by atoms with Gasteiger partial charge in [-0.25, -0.2) is 37.7 Å². The number of carbonyl (C=O) groups excluding carboxylic acids is 6. The van der Waals surface area contributed by atoms with Crippen molar-refractivity contribution in [2.75, 3.05) is 68.6 Å². The summed E-state index contributed by atoms with van der Waals surface area (Å²) in [6, 6.07) is 78.7. The fraction of sp³-hybridized carbons (Fsp3) is 0.336. The molecule has 3 aromatic heterocycles. The van der Waals surface area contributed by atoms with E-state index in [0.717, 1.165) is 139 Å². The van der Waals surface area contributed by atoms with Crippen molar-refractivity contribution in [3.63, 3.8) is 0 Å². The number of nitrogens with one attached hydrogen (secondary N) is 1. The zero-order valence-corrected chi connectivity index (χ0v) is 85.4. The lowest BCUT2D eigenvalue weighted by Gasteiger charge is -2.43. The first-order valence-corrected chi connectivity index (χ1v) is 51.2. The number of piperidine rings is 2. The van der Waals surface area contributed by atoms with Crippen molar-refractivity contribution in [3.05, 3.63) is 315 Å². The Morgan fingerprint density at radius 2 is 1.06 bits per heavy atom. The van der Waals surface area contributed by atoms with Gasteiger partial charge in [0.15, 0.2) is 35.3 Å². The number of nitrogens with two attached hydrogens (primary N) is 5. The van der Waals surface area contributed by atoms with Crippen LogP contribution in [0, 0.1) is 41.9 Å². The maximum Gasteiger partial charge on any atom is 0.266 e. The Labute approximate surface area is 849 Å². The van der Waals surface area contributed by atoms with Gasteiger partial charge in [0, 0.05) is 97.7 Å². The van der Waals surface area contributed by atoms with Gasteiger partial charge in [-0.1, -0.05) is 158 Å². The summed E-state index contributed by atoms with van der Waals surface area (Å²) in [4.78, 5) is 118. The minimum Gasteiger partial charge on any atom is -0.497 e.